The standard InChI is InChI=1S/C25H24FNO4/c1-18-5-2-6-19(13-18)11-12-27(16-24(28)29)25(30)21-8-4-10-23(15-21)31-17-20-7-3-9-22(26)14-20/h2-10,13-15H,11-12,16-17H2,1H3,(H,28,29). The number of aryl methyl sites for hydroxylation is 1. The number of benzene rings is 3. The van der Waals surface area contributed by atoms with Crippen LogP contribution in [0.2, 0.25) is 0 Å². The Balaban J connectivity index is 1.69. The van der Waals surface area contributed by atoms with E-state index in [1.807, 2.05) is 31.2 Å². The van der Waals surface area contributed by atoms with Crippen LogP contribution in [0.3, 0.4) is 0 Å². The minimum absolute atomic E-state index is 0.154. The number of amides is 1. The first-order valence-electron chi connectivity index (χ1n) is 9.94. The van der Waals surface area contributed by atoms with Crippen LogP contribution in [0.1, 0.15) is 27.0 Å². The van der Waals surface area contributed by atoms with E-state index >= 15 is 0 Å². The highest BCUT2D eigenvalue weighted by molar-refractivity contribution is 5.96. The highest BCUT2D eigenvalue weighted by Gasteiger charge is 2.19. The highest BCUT2D eigenvalue weighted by atomic mass is 19.1. The second-order valence-electron chi connectivity index (χ2n) is 7.31. The molecule has 0 bridgehead atoms. The quantitative estimate of drug-likeness (QED) is 0.553. The fourth-order valence-corrected chi connectivity index (χ4v) is 3.24. The van der Waals surface area contributed by atoms with Crippen molar-refractivity contribution in [2.24, 2.45) is 0 Å². The lowest BCUT2D eigenvalue weighted by Crippen LogP contribution is -2.37. The number of carboxylic acid groups (broad SMARTS) is 1. The number of aliphatic carboxylic acids is 1. The predicted molar refractivity (Wildman–Crippen MR) is 116 cm³/mol. The Labute approximate surface area is 180 Å². The molecule has 0 heterocycles. The third kappa shape index (κ3) is 6.67. The van der Waals surface area contributed by atoms with Crippen LogP contribution >= 0.6 is 0 Å². The minimum atomic E-state index is -1.07. The van der Waals surface area contributed by atoms with E-state index in [0.717, 1.165) is 11.1 Å². The molecule has 0 saturated carbocycles. The molecule has 0 aromatic heterocycles. The molecule has 0 radical (unpaired) electrons. The van der Waals surface area contributed by atoms with E-state index in [4.69, 9.17) is 4.74 Å². The molecule has 1 amide bonds. The van der Waals surface area contributed by atoms with Crippen molar-refractivity contribution in [3.63, 3.8) is 0 Å². The lowest BCUT2D eigenvalue weighted by Gasteiger charge is -2.21. The smallest absolute Gasteiger partial charge is 0.323 e. The summed E-state index contributed by atoms with van der Waals surface area (Å²) in [5, 5.41) is 9.26. The van der Waals surface area contributed by atoms with Gasteiger partial charge in [0, 0.05) is 12.1 Å². The Morgan fingerprint density at radius 2 is 1.71 bits per heavy atom. The molecule has 6 heteroatoms. The third-order valence-corrected chi connectivity index (χ3v) is 4.74. The maximum absolute atomic E-state index is 13.3. The van der Waals surface area contributed by atoms with E-state index in [2.05, 4.69) is 0 Å². The van der Waals surface area contributed by atoms with Gasteiger partial charge in [-0.3, -0.25) is 9.59 Å². The average Bonchev–Trinajstić information content (AvgIpc) is 2.75. The fourth-order valence-electron chi connectivity index (χ4n) is 3.24. The van der Waals surface area contributed by atoms with Crippen molar-refractivity contribution in [1.82, 2.24) is 4.90 Å². The molecule has 1 N–H and O–H groups in total. The van der Waals surface area contributed by atoms with Crippen LogP contribution in [0.25, 0.3) is 0 Å². The number of carbonyl (C=O) groups excluding carboxylic acids is 1. The van der Waals surface area contributed by atoms with Gasteiger partial charge in [0.25, 0.3) is 5.91 Å². The van der Waals surface area contributed by atoms with Crippen molar-refractivity contribution in [1.29, 1.82) is 0 Å². The molecule has 160 valence electrons. The van der Waals surface area contributed by atoms with Crippen molar-refractivity contribution in [2.75, 3.05) is 13.1 Å². The number of hydrogen-bond donors (Lipinski definition) is 1. The summed E-state index contributed by atoms with van der Waals surface area (Å²) in [5.41, 5.74) is 3.15. The van der Waals surface area contributed by atoms with Crippen molar-refractivity contribution < 1.29 is 23.8 Å². The zero-order valence-corrected chi connectivity index (χ0v) is 17.3. The lowest BCUT2D eigenvalue weighted by molar-refractivity contribution is -0.137. The molecule has 0 atom stereocenters. The van der Waals surface area contributed by atoms with Crippen LogP contribution in [0.15, 0.2) is 72.8 Å². The molecule has 0 spiro atoms. The first-order valence-corrected chi connectivity index (χ1v) is 9.94. The zero-order valence-electron chi connectivity index (χ0n) is 17.3. The van der Waals surface area contributed by atoms with Crippen LogP contribution in [0.4, 0.5) is 4.39 Å². The predicted octanol–water partition coefficient (Wildman–Crippen LogP) is 4.48. The second-order valence-corrected chi connectivity index (χ2v) is 7.31. The molecule has 3 rings (SSSR count). The van der Waals surface area contributed by atoms with Gasteiger partial charge in [0.2, 0.25) is 0 Å². The van der Waals surface area contributed by atoms with E-state index in [9.17, 15) is 19.1 Å². The summed E-state index contributed by atoms with van der Waals surface area (Å²) in [6.45, 7) is 2.03. The number of halogens is 1. The van der Waals surface area contributed by atoms with Gasteiger partial charge >= 0.3 is 5.97 Å². The number of ether oxygens (including phenoxy) is 1. The zero-order chi connectivity index (χ0) is 22.2. The normalized spacial score (nSPS) is 10.5. The largest absolute Gasteiger partial charge is 0.489 e. The van der Waals surface area contributed by atoms with Gasteiger partial charge in [-0.05, 0) is 54.8 Å². The molecule has 0 unspecified atom stereocenters. The van der Waals surface area contributed by atoms with Gasteiger partial charge in [0.05, 0.1) is 0 Å². The van der Waals surface area contributed by atoms with Crippen molar-refractivity contribution >= 4 is 11.9 Å². The van der Waals surface area contributed by atoms with Crippen molar-refractivity contribution in [3.05, 3.63) is 101 Å². The first-order chi connectivity index (χ1) is 14.9. The third-order valence-electron chi connectivity index (χ3n) is 4.74. The molecule has 0 saturated heterocycles. The van der Waals surface area contributed by atoms with Crippen LogP contribution in [-0.2, 0) is 17.8 Å². The summed E-state index contributed by atoms with van der Waals surface area (Å²) < 4.78 is 19.0. The summed E-state index contributed by atoms with van der Waals surface area (Å²) in [5.74, 6) is -1.35. The Bertz CT molecular complexity index is 1070. The van der Waals surface area contributed by atoms with Crippen molar-refractivity contribution in [2.45, 2.75) is 20.0 Å². The van der Waals surface area contributed by atoms with E-state index in [1.54, 1.807) is 36.4 Å². The Kier molecular flexibility index (Phi) is 7.38. The van der Waals surface area contributed by atoms with Gasteiger partial charge in [-0.1, -0.05) is 48.0 Å². The van der Waals surface area contributed by atoms with Crippen LogP contribution in [-0.4, -0.2) is 35.0 Å². The van der Waals surface area contributed by atoms with Crippen molar-refractivity contribution in [3.8, 4) is 5.75 Å². The Morgan fingerprint density at radius 1 is 0.968 bits per heavy atom. The monoisotopic (exact) mass is 421 g/mol. The topological polar surface area (TPSA) is 66.8 Å². The number of carbonyl (C=O) groups is 2. The summed E-state index contributed by atoms with van der Waals surface area (Å²) in [7, 11) is 0. The van der Waals surface area contributed by atoms with Gasteiger partial charge in [0.15, 0.2) is 0 Å². The second kappa shape index (κ2) is 10.4. The number of carboxylic acids is 1. The van der Waals surface area contributed by atoms with Crippen LogP contribution in [0.5, 0.6) is 5.75 Å². The SMILES string of the molecule is Cc1cccc(CCN(CC(=O)O)C(=O)c2cccc(OCc3cccc(F)c3)c2)c1. The molecule has 0 aliphatic carbocycles. The average molecular weight is 421 g/mol. The summed E-state index contributed by atoms with van der Waals surface area (Å²) in [6, 6.07) is 20.6. The van der Waals surface area contributed by atoms with Gasteiger partial charge in [-0.15, -0.1) is 0 Å². The summed E-state index contributed by atoms with van der Waals surface area (Å²) in [6.07, 6.45) is 0.552. The molecule has 3 aromatic carbocycles. The van der Waals surface area contributed by atoms with E-state index in [0.29, 0.717) is 23.3 Å². The number of hydrogen-bond acceptors (Lipinski definition) is 3. The molecule has 0 fully saturated rings. The molecule has 3 aromatic rings. The van der Waals surface area contributed by atoms with Gasteiger partial charge in [-0.2, -0.15) is 0 Å². The molecular weight excluding hydrogens is 397 g/mol. The minimum Gasteiger partial charge on any atom is -0.489 e. The molecule has 0 aliphatic rings. The van der Waals surface area contributed by atoms with Gasteiger partial charge in [0.1, 0.15) is 24.7 Å². The van der Waals surface area contributed by atoms with E-state index in [-0.39, 0.29) is 31.4 Å². The Morgan fingerprint density at radius 3 is 2.45 bits per heavy atom. The molecule has 0 aliphatic heterocycles. The van der Waals surface area contributed by atoms with Gasteiger partial charge < -0.3 is 14.7 Å². The summed E-state index contributed by atoms with van der Waals surface area (Å²) >= 11 is 0. The van der Waals surface area contributed by atoms with E-state index < -0.39 is 5.97 Å². The maximum atomic E-state index is 13.3. The molecule has 31 heavy (non-hydrogen) atoms. The lowest BCUT2D eigenvalue weighted by atomic mass is 10.1. The maximum Gasteiger partial charge on any atom is 0.323 e. The number of rotatable bonds is 9. The fraction of sp³-hybridized carbons (Fsp3) is 0.200. The summed E-state index contributed by atoms with van der Waals surface area (Å²) in [4.78, 5) is 25.6. The highest BCUT2D eigenvalue weighted by Crippen LogP contribution is 2.18. The molecule has 5 nitrogen and oxygen atoms in total. The van der Waals surface area contributed by atoms with Crippen LogP contribution < -0.4 is 4.74 Å². The first kappa shape index (κ1) is 22.0. The number of nitrogens with zero attached hydrogens (tertiary/aromatic N) is 1. The Hall–Kier alpha value is -3.67. The molecular formula is C25H24FNO4. The van der Waals surface area contributed by atoms with Crippen LogP contribution in [0, 0.1) is 12.7 Å². The van der Waals surface area contributed by atoms with E-state index in [1.165, 1.54) is 17.0 Å². The van der Waals surface area contributed by atoms with Gasteiger partial charge in [-0.25, -0.2) is 4.39 Å².